The smallest absolute Gasteiger partial charge is 0.450 e. The average molecular weight is 218 g/mol. The molecule has 0 aromatic rings. The van der Waals surface area contributed by atoms with Crippen LogP contribution in [-0.4, -0.2) is 27.4 Å². The zero-order valence-electron chi connectivity index (χ0n) is 9.11. The zero-order valence-corrected chi connectivity index (χ0v) is 9.93. The first-order chi connectivity index (χ1) is 6.33. The monoisotopic (exact) mass is 218 g/mol. The molecular formula is C10H18O3S. The fourth-order valence-corrected chi connectivity index (χ4v) is 3.35. The van der Waals surface area contributed by atoms with E-state index in [9.17, 15) is 4.79 Å². The van der Waals surface area contributed by atoms with E-state index in [1.54, 1.807) is 0 Å². The highest BCUT2D eigenvalue weighted by Crippen LogP contribution is 2.47. The normalized spacial score (nSPS) is 30.6. The van der Waals surface area contributed by atoms with Crippen molar-refractivity contribution in [1.82, 2.24) is 0 Å². The van der Waals surface area contributed by atoms with Gasteiger partial charge in [0.15, 0.2) is 0 Å². The summed E-state index contributed by atoms with van der Waals surface area (Å²) in [4.78, 5) is 10.5. The Labute approximate surface area is 89.2 Å². The molecule has 2 unspecified atom stereocenters. The maximum Gasteiger partial charge on any atom is 0.506 e. The minimum atomic E-state index is -1.16. The van der Waals surface area contributed by atoms with E-state index in [0.717, 1.165) is 6.42 Å². The van der Waals surface area contributed by atoms with Crippen LogP contribution in [0.1, 0.15) is 34.1 Å². The predicted molar refractivity (Wildman–Crippen MR) is 57.8 cm³/mol. The van der Waals surface area contributed by atoms with Gasteiger partial charge in [-0.25, -0.2) is 4.79 Å². The van der Waals surface area contributed by atoms with E-state index in [4.69, 9.17) is 9.84 Å². The van der Waals surface area contributed by atoms with Crippen LogP contribution in [0.15, 0.2) is 0 Å². The van der Waals surface area contributed by atoms with Crippen LogP contribution in [0.3, 0.4) is 0 Å². The largest absolute Gasteiger partial charge is 0.506 e. The van der Waals surface area contributed by atoms with E-state index in [2.05, 4.69) is 13.8 Å². The first-order valence-electron chi connectivity index (χ1n) is 4.90. The van der Waals surface area contributed by atoms with Crippen LogP contribution < -0.4 is 0 Å². The molecule has 0 radical (unpaired) electrons. The standard InChI is InChI=1S/C10H18O3S/c1-6(2)7-5-8(13-9(11)12)10(3,4)14-7/h6-8H,5H2,1-4H3,(H,11,12). The van der Waals surface area contributed by atoms with E-state index < -0.39 is 6.16 Å². The molecule has 1 aliphatic rings. The van der Waals surface area contributed by atoms with Crippen LogP contribution >= 0.6 is 11.8 Å². The van der Waals surface area contributed by atoms with E-state index in [-0.39, 0.29) is 10.9 Å². The van der Waals surface area contributed by atoms with Gasteiger partial charge in [0.05, 0.1) is 0 Å². The first-order valence-corrected chi connectivity index (χ1v) is 5.78. The molecule has 0 amide bonds. The van der Waals surface area contributed by atoms with E-state index in [0.29, 0.717) is 11.2 Å². The molecule has 14 heavy (non-hydrogen) atoms. The van der Waals surface area contributed by atoms with Crippen LogP contribution in [-0.2, 0) is 4.74 Å². The summed E-state index contributed by atoms with van der Waals surface area (Å²) >= 11 is 1.84. The molecule has 1 saturated heterocycles. The molecule has 4 heteroatoms. The summed E-state index contributed by atoms with van der Waals surface area (Å²) in [5.41, 5.74) is 0. The van der Waals surface area contributed by atoms with Gasteiger partial charge < -0.3 is 9.84 Å². The third-order valence-electron chi connectivity index (χ3n) is 2.66. The van der Waals surface area contributed by atoms with Crippen LogP contribution in [0.2, 0.25) is 0 Å². The molecule has 1 aliphatic heterocycles. The second-order valence-electron chi connectivity index (χ2n) is 4.61. The van der Waals surface area contributed by atoms with Gasteiger partial charge in [-0.15, -0.1) is 11.8 Å². The Kier molecular flexibility index (Phi) is 3.35. The number of carboxylic acid groups (broad SMARTS) is 1. The number of hydrogen-bond donors (Lipinski definition) is 1. The van der Waals surface area contributed by atoms with Crippen molar-refractivity contribution in [2.75, 3.05) is 0 Å². The molecule has 0 spiro atoms. The van der Waals surface area contributed by atoms with Gasteiger partial charge in [0.1, 0.15) is 6.10 Å². The van der Waals surface area contributed by atoms with Gasteiger partial charge in [0.2, 0.25) is 0 Å². The first kappa shape index (κ1) is 11.7. The zero-order chi connectivity index (χ0) is 10.9. The van der Waals surface area contributed by atoms with Crippen molar-refractivity contribution in [2.24, 2.45) is 5.92 Å². The highest BCUT2D eigenvalue weighted by atomic mass is 32.2. The van der Waals surface area contributed by atoms with Gasteiger partial charge in [-0.1, -0.05) is 13.8 Å². The highest BCUT2D eigenvalue weighted by molar-refractivity contribution is 8.01. The minimum absolute atomic E-state index is 0.0900. The summed E-state index contributed by atoms with van der Waals surface area (Å²) in [5.74, 6) is 0.571. The molecular weight excluding hydrogens is 200 g/mol. The predicted octanol–water partition coefficient (Wildman–Crippen LogP) is 2.99. The maximum atomic E-state index is 10.5. The lowest BCUT2D eigenvalue weighted by Gasteiger charge is -2.24. The van der Waals surface area contributed by atoms with Gasteiger partial charge >= 0.3 is 6.16 Å². The molecule has 1 fully saturated rings. The third kappa shape index (κ3) is 2.56. The van der Waals surface area contributed by atoms with Gasteiger partial charge in [-0.3, -0.25) is 0 Å². The molecule has 1 heterocycles. The quantitative estimate of drug-likeness (QED) is 0.724. The molecule has 2 atom stereocenters. The molecule has 3 nitrogen and oxygen atoms in total. The molecule has 0 aromatic carbocycles. The van der Waals surface area contributed by atoms with Crippen LogP contribution in [0.25, 0.3) is 0 Å². The van der Waals surface area contributed by atoms with Crippen molar-refractivity contribution in [1.29, 1.82) is 0 Å². The summed E-state index contributed by atoms with van der Waals surface area (Å²) in [6.07, 6.45) is -0.493. The molecule has 0 saturated carbocycles. The summed E-state index contributed by atoms with van der Waals surface area (Å²) in [5, 5.41) is 9.11. The minimum Gasteiger partial charge on any atom is -0.450 e. The topological polar surface area (TPSA) is 46.5 Å². The Morgan fingerprint density at radius 1 is 1.57 bits per heavy atom. The fourth-order valence-electron chi connectivity index (χ4n) is 1.73. The molecule has 0 aliphatic carbocycles. The Balaban J connectivity index is 2.64. The van der Waals surface area contributed by atoms with Crippen molar-refractivity contribution >= 4 is 17.9 Å². The average Bonchev–Trinajstić information content (AvgIpc) is 2.26. The highest BCUT2D eigenvalue weighted by Gasteiger charge is 2.44. The second-order valence-corrected chi connectivity index (χ2v) is 6.51. The fraction of sp³-hybridized carbons (Fsp3) is 0.900. The van der Waals surface area contributed by atoms with Gasteiger partial charge in [-0.2, -0.15) is 0 Å². The van der Waals surface area contributed by atoms with Crippen LogP contribution in [0, 0.1) is 5.92 Å². The summed E-state index contributed by atoms with van der Waals surface area (Å²) in [6.45, 7) is 8.43. The van der Waals surface area contributed by atoms with Crippen molar-refractivity contribution in [3.63, 3.8) is 0 Å². The van der Waals surface area contributed by atoms with Crippen LogP contribution in [0.5, 0.6) is 0 Å². The Hall–Kier alpha value is -0.380. The number of thioether (sulfide) groups is 1. The lowest BCUT2D eigenvalue weighted by molar-refractivity contribution is 0.0389. The summed E-state index contributed by atoms with van der Waals surface area (Å²) in [6, 6.07) is 0. The lowest BCUT2D eigenvalue weighted by Crippen LogP contribution is -2.32. The summed E-state index contributed by atoms with van der Waals surface area (Å²) < 4.78 is 4.81. The lowest BCUT2D eigenvalue weighted by atomic mass is 9.98. The maximum absolute atomic E-state index is 10.5. The van der Waals surface area contributed by atoms with Crippen molar-refractivity contribution in [3.05, 3.63) is 0 Å². The van der Waals surface area contributed by atoms with Crippen LogP contribution in [0.4, 0.5) is 4.79 Å². The van der Waals surface area contributed by atoms with Gasteiger partial charge in [-0.05, 0) is 26.2 Å². The Morgan fingerprint density at radius 3 is 2.50 bits per heavy atom. The van der Waals surface area contributed by atoms with E-state index >= 15 is 0 Å². The molecule has 1 rings (SSSR count). The second kappa shape index (κ2) is 4.01. The SMILES string of the molecule is CC(C)C1CC(OC(=O)O)C(C)(C)S1. The molecule has 82 valence electrons. The number of carbonyl (C=O) groups is 1. The van der Waals surface area contributed by atoms with E-state index in [1.165, 1.54) is 0 Å². The Morgan fingerprint density at radius 2 is 2.14 bits per heavy atom. The van der Waals surface area contributed by atoms with Crippen molar-refractivity contribution in [2.45, 2.75) is 50.2 Å². The Bertz CT molecular complexity index is 225. The molecule has 0 aromatic heterocycles. The number of rotatable bonds is 2. The van der Waals surface area contributed by atoms with Gasteiger partial charge in [0.25, 0.3) is 0 Å². The van der Waals surface area contributed by atoms with E-state index in [1.807, 2.05) is 25.6 Å². The molecule has 0 bridgehead atoms. The van der Waals surface area contributed by atoms with Crippen molar-refractivity contribution in [3.8, 4) is 0 Å². The van der Waals surface area contributed by atoms with Gasteiger partial charge in [0, 0.05) is 10.00 Å². The third-order valence-corrected chi connectivity index (χ3v) is 4.57. The van der Waals surface area contributed by atoms with Crippen molar-refractivity contribution < 1.29 is 14.6 Å². The summed E-state index contributed by atoms with van der Waals surface area (Å²) in [7, 11) is 0. The number of ether oxygens (including phenoxy) is 1. The number of hydrogen-bond acceptors (Lipinski definition) is 3. The molecule has 1 N–H and O–H groups in total.